The molecule has 0 rings (SSSR count). The first kappa shape index (κ1) is 9.14. The maximum atomic E-state index is 5.05. The van der Waals surface area contributed by atoms with Crippen molar-refractivity contribution in [3.63, 3.8) is 0 Å². The summed E-state index contributed by atoms with van der Waals surface area (Å²) in [7, 11) is -0.993. The van der Waals surface area contributed by atoms with Crippen LogP contribution in [0.2, 0.25) is 13.1 Å². The lowest BCUT2D eigenvalue weighted by Gasteiger charge is -2.19. The van der Waals surface area contributed by atoms with Crippen molar-refractivity contribution < 1.29 is 9.46 Å². The Morgan fingerprint density at radius 3 is 1.67 bits per heavy atom. The fourth-order valence-electron chi connectivity index (χ4n) is 0.241. The van der Waals surface area contributed by atoms with Gasteiger partial charge in [0.2, 0.25) is 9.04 Å². The van der Waals surface area contributed by atoms with Gasteiger partial charge in [-0.25, -0.2) is 4.89 Å². The van der Waals surface area contributed by atoms with Crippen LogP contribution in [0.3, 0.4) is 0 Å². The molecule has 0 spiro atoms. The van der Waals surface area contributed by atoms with Crippen LogP contribution in [-0.2, 0) is 9.46 Å². The quantitative estimate of drug-likeness (QED) is 0.337. The van der Waals surface area contributed by atoms with Crippen LogP contribution < -0.4 is 0 Å². The highest BCUT2D eigenvalue weighted by atomic mass is 28.3. The van der Waals surface area contributed by atoms with Crippen LogP contribution in [0.15, 0.2) is 0 Å². The van der Waals surface area contributed by atoms with Gasteiger partial charge in [-0.15, -0.1) is 0 Å². The minimum atomic E-state index is -0.993. The van der Waals surface area contributed by atoms with Gasteiger partial charge in [0.15, 0.2) is 0 Å². The summed E-state index contributed by atoms with van der Waals surface area (Å²) in [5.41, 5.74) is -0.155. The van der Waals surface area contributed by atoms with Crippen LogP contribution in [0.5, 0.6) is 0 Å². The van der Waals surface area contributed by atoms with E-state index < -0.39 is 9.04 Å². The molecule has 0 saturated heterocycles. The summed E-state index contributed by atoms with van der Waals surface area (Å²) >= 11 is 0. The Morgan fingerprint density at radius 2 is 1.56 bits per heavy atom. The molecular weight excluding hydrogens is 132 g/mol. The highest BCUT2D eigenvalue weighted by Crippen LogP contribution is 2.07. The van der Waals surface area contributed by atoms with Crippen LogP contribution in [0.25, 0.3) is 0 Å². The van der Waals surface area contributed by atoms with Crippen LogP contribution >= 0.6 is 0 Å². The molecule has 2 nitrogen and oxygen atoms in total. The number of rotatable bonds is 2. The molecule has 0 aromatic heterocycles. The highest BCUT2D eigenvalue weighted by Gasteiger charge is 2.11. The van der Waals surface area contributed by atoms with E-state index in [9.17, 15) is 0 Å². The van der Waals surface area contributed by atoms with Crippen molar-refractivity contribution in [3.05, 3.63) is 0 Å². The first-order valence-corrected chi connectivity index (χ1v) is 6.04. The van der Waals surface area contributed by atoms with Gasteiger partial charge in [0.1, 0.15) is 0 Å². The lowest BCUT2D eigenvalue weighted by atomic mass is 10.2. The topological polar surface area (TPSA) is 18.5 Å². The predicted molar refractivity (Wildman–Crippen MR) is 40.8 cm³/mol. The molecule has 0 amide bonds. The van der Waals surface area contributed by atoms with E-state index in [1.165, 1.54) is 0 Å². The SMILES string of the molecule is C[SiH](C)OOC(C)(C)C. The zero-order chi connectivity index (χ0) is 7.49. The predicted octanol–water partition coefficient (Wildman–Crippen LogP) is 1.72. The second kappa shape index (κ2) is 3.34. The Kier molecular flexibility index (Phi) is 3.39. The smallest absolute Gasteiger partial charge is 0.218 e. The highest BCUT2D eigenvalue weighted by molar-refractivity contribution is 6.48. The molecule has 3 heteroatoms. The largest absolute Gasteiger partial charge is 0.290 e. The molecule has 0 unspecified atom stereocenters. The van der Waals surface area contributed by atoms with Gasteiger partial charge < -0.3 is 0 Å². The Morgan fingerprint density at radius 1 is 1.11 bits per heavy atom. The summed E-state index contributed by atoms with van der Waals surface area (Å²) in [6, 6.07) is 0. The molecule has 0 atom stereocenters. The first-order valence-electron chi connectivity index (χ1n) is 3.26. The lowest BCUT2D eigenvalue weighted by molar-refractivity contribution is -0.280. The second-order valence-electron chi connectivity index (χ2n) is 3.34. The van der Waals surface area contributed by atoms with Crippen LogP contribution in [0, 0.1) is 0 Å². The summed E-state index contributed by atoms with van der Waals surface area (Å²) in [4.78, 5) is 5.05. The van der Waals surface area contributed by atoms with Gasteiger partial charge in [0, 0.05) is 0 Å². The molecule has 0 saturated carbocycles. The van der Waals surface area contributed by atoms with Crippen molar-refractivity contribution in [2.45, 2.75) is 39.5 Å². The monoisotopic (exact) mass is 148 g/mol. The zero-order valence-electron chi connectivity index (χ0n) is 6.89. The van der Waals surface area contributed by atoms with Crippen LogP contribution in [0.1, 0.15) is 20.8 Å². The average Bonchev–Trinajstić information content (AvgIpc) is 1.59. The fraction of sp³-hybridized carbons (Fsp3) is 1.00. The van der Waals surface area contributed by atoms with Crippen LogP contribution in [-0.4, -0.2) is 14.6 Å². The normalized spacial score (nSPS) is 12.7. The molecule has 0 fully saturated rings. The Hall–Kier alpha value is 0.137. The van der Waals surface area contributed by atoms with Gasteiger partial charge in [0.05, 0.1) is 5.60 Å². The Balaban J connectivity index is 3.28. The summed E-state index contributed by atoms with van der Waals surface area (Å²) in [5, 5.41) is 0. The van der Waals surface area contributed by atoms with E-state index in [-0.39, 0.29) is 5.60 Å². The number of hydrogen-bond acceptors (Lipinski definition) is 2. The molecule has 0 aromatic rings. The van der Waals surface area contributed by atoms with Gasteiger partial charge in [-0.2, -0.15) is 0 Å². The van der Waals surface area contributed by atoms with Gasteiger partial charge in [0.25, 0.3) is 0 Å². The van der Waals surface area contributed by atoms with E-state index in [1.807, 2.05) is 20.8 Å². The average molecular weight is 148 g/mol. The molecular formula is C6H16O2Si. The van der Waals surface area contributed by atoms with E-state index in [1.54, 1.807) is 0 Å². The molecule has 0 heterocycles. The third-order valence-electron chi connectivity index (χ3n) is 0.491. The molecule has 56 valence electrons. The molecule has 0 aromatic carbocycles. The van der Waals surface area contributed by atoms with Crippen molar-refractivity contribution in [1.82, 2.24) is 0 Å². The lowest BCUT2D eigenvalue weighted by Crippen LogP contribution is -2.23. The first-order chi connectivity index (χ1) is 3.92. The van der Waals surface area contributed by atoms with Crippen molar-refractivity contribution in [2.75, 3.05) is 0 Å². The Bertz CT molecular complexity index is 75.6. The molecule has 0 aliphatic heterocycles. The van der Waals surface area contributed by atoms with Gasteiger partial charge in [-0.05, 0) is 33.9 Å². The van der Waals surface area contributed by atoms with Crippen LogP contribution in [0.4, 0.5) is 0 Å². The van der Waals surface area contributed by atoms with Crippen molar-refractivity contribution in [2.24, 2.45) is 0 Å². The van der Waals surface area contributed by atoms with Crippen molar-refractivity contribution >= 4 is 9.04 Å². The summed E-state index contributed by atoms with van der Waals surface area (Å²) < 4.78 is 5.05. The van der Waals surface area contributed by atoms with Crippen molar-refractivity contribution in [3.8, 4) is 0 Å². The zero-order valence-corrected chi connectivity index (χ0v) is 8.05. The minimum absolute atomic E-state index is 0.155. The van der Waals surface area contributed by atoms with Gasteiger partial charge in [-0.3, -0.25) is 4.58 Å². The van der Waals surface area contributed by atoms with Gasteiger partial charge >= 0.3 is 0 Å². The van der Waals surface area contributed by atoms with E-state index in [2.05, 4.69) is 13.1 Å². The number of hydrogen-bond donors (Lipinski definition) is 0. The summed E-state index contributed by atoms with van der Waals surface area (Å²) in [5.74, 6) is 0. The van der Waals surface area contributed by atoms with E-state index in [4.69, 9.17) is 9.46 Å². The fourth-order valence-corrected chi connectivity index (χ4v) is 0.722. The maximum Gasteiger partial charge on any atom is 0.218 e. The second-order valence-corrected chi connectivity index (χ2v) is 5.63. The van der Waals surface area contributed by atoms with Crippen molar-refractivity contribution in [1.29, 1.82) is 0 Å². The molecule has 0 N–H and O–H groups in total. The Labute approximate surface area is 58.8 Å². The molecule has 0 radical (unpaired) electrons. The van der Waals surface area contributed by atoms with Gasteiger partial charge in [-0.1, -0.05) is 0 Å². The molecule has 0 bridgehead atoms. The maximum absolute atomic E-state index is 5.05. The third kappa shape index (κ3) is 8.14. The standard InChI is InChI=1S/C6H16O2Si/c1-6(2,3)7-8-9(4)5/h9H,1-5H3. The summed E-state index contributed by atoms with van der Waals surface area (Å²) in [6.45, 7) is 10.1. The van der Waals surface area contributed by atoms with E-state index >= 15 is 0 Å². The molecule has 0 aliphatic rings. The van der Waals surface area contributed by atoms with E-state index in [0.717, 1.165) is 0 Å². The molecule has 0 aliphatic carbocycles. The molecule has 9 heavy (non-hydrogen) atoms. The third-order valence-corrected chi connectivity index (χ3v) is 0.972. The summed E-state index contributed by atoms with van der Waals surface area (Å²) in [6.07, 6.45) is 0. The minimum Gasteiger partial charge on any atom is -0.290 e. The van der Waals surface area contributed by atoms with E-state index in [0.29, 0.717) is 0 Å².